The Morgan fingerprint density at radius 1 is 0.286 bits per heavy atom. The van der Waals surface area contributed by atoms with E-state index in [1.165, 1.54) is 85.9 Å². The van der Waals surface area contributed by atoms with Crippen molar-refractivity contribution < 1.29 is 0 Å². The number of fused-ring (bicyclic) bond motifs is 7. The summed E-state index contributed by atoms with van der Waals surface area (Å²) in [6, 6.07) is 77.8. The van der Waals surface area contributed by atoms with Gasteiger partial charge in [-0.15, -0.1) is 11.3 Å². The summed E-state index contributed by atoms with van der Waals surface area (Å²) in [4.78, 5) is 2.43. The Bertz CT molecular complexity index is 3230. The van der Waals surface area contributed by atoms with E-state index in [0.29, 0.717) is 0 Å². The Labute approximate surface area is 330 Å². The predicted octanol–water partition coefficient (Wildman–Crippen LogP) is 16.0. The van der Waals surface area contributed by atoms with Gasteiger partial charge in [-0.1, -0.05) is 164 Å². The summed E-state index contributed by atoms with van der Waals surface area (Å²) in [5.74, 6) is 0. The lowest BCUT2D eigenvalue weighted by molar-refractivity contribution is 1.30. The lowest BCUT2D eigenvalue weighted by Gasteiger charge is -2.27. The van der Waals surface area contributed by atoms with Gasteiger partial charge in [0.15, 0.2) is 0 Å². The van der Waals surface area contributed by atoms with Gasteiger partial charge in [-0.3, -0.25) is 0 Å². The molecule has 0 aliphatic carbocycles. The topological polar surface area (TPSA) is 3.24 Å². The van der Waals surface area contributed by atoms with Gasteiger partial charge in [-0.2, -0.15) is 0 Å². The average molecular weight is 730 g/mol. The molecule has 0 atom stereocenters. The smallest absolute Gasteiger partial charge is 0.0468 e. The Morgan fingerprint density at radius 2 is 0.804 bits per heavy atom. The molecule has 0 aliphatic rings. The van der Waals surface area contributed by atoms with E-state index in [-0.39, 0.29) is 0 Å². The van der Waals surface area contributed by atoms with Gasteiger partial charge in [0.2, 0.25) is 0 Å². The first-order valence-electron chi connectivity index (χ1n) is 19.2. The number of hydrogen-bond acceptors (Lipinski definition) is 2. The van der Waals surface area contributed by atoms with Crippen molar-refractivity contribution in [1.29, 1.82) is 0 Å². The van der Waals surface area contributed by atoms with Crippen LogP contribution in [-0.2, 0) is 0 Å². The summed E-state index contributed by atoms with van der Waals surface area (Å²) >= 11 is 1.86. The van der Waals surface area contributed by atoms with Crippen LogP contribution in [0.25, 0.3) is 85.9 Å². The van der Waals surface area contributed by atoms with Crippen molar-refractivity contribution in [3.8, 4) is 33.4 Å². The first kappa shape index (κ1) is 32.4. The number of thiophene rings is 1. The van der Waals surface area contributed by atoms with Crippen LogP contribution in [0, 0.1) is 0 Å². The highest BCUT2D eigenvalue weighted by Crippen LogP contribution is 2.47. The maximum Gasteiger partial charge on any atom is 0.0468 e. The molecule has 11 aromatic rings. The summed E-state index contributed by atoms with van der Waals surface area (Å²) in [5, 5.41) is 10.1. The number of benzene rings is 10. The van der Waals surface area contributed by atoms with Crippen molar-refractivity contribution in [1.82, 2.24) is 0 Å². The Kier molecular flexibility index (Phi) is 7.75. The maximum absolute atomic E-state index is 2.43. The molecule has 2 heteroatoms. The maximum atomic E-state index is 2.43. The van der Waals surface area contributed by atoms with Gasteiger partial charge in [-0.05, 0) is 114 Å². The fourth-order valence-electron chi connectivity index (χ4n) is 8.70. The molecule has 1 aromatic heterocycles. The molecule has 11 rings (SSSR count). The van der Waals surface area contributed by atoms with Crippen LogP contribution < -0.4 is 4.90 Å². The Hall–Kier alpha value is -7.00. The fraction of sp³-hybridized carbons (Fsp3) is 0. The van der Waals surface area contributed by atoms with Crippen LogP contribution >= 0.6 is 11.3 Å². The fourth-order valence-corrected chi connectivity index (χ4v) is 9.78. The summed E-state index contributed by atoms with van der Waals surface area (Å²) < 4.78 is 2.61. The number of rotatable bonds is 6. The minimum absolute atomic E-state index is 1.11. The molecule has 0 aliphatic heterocycles. The Morgan fingerprint density at radius 3 is 1.55 bits per heavy atom. The minimum atomic E-state index is 1.11. The molecule has 262 valence electrons. The molecule has 0 amide bonds. The molecule has 0 bridgehead atoms. The van der Waals surface area contributed by atoms with E-state index in [0.717, 1.165) is 17.1 Å². The van der Waals surface area contributed by atoms with E-state index in [1.807, 2.05) is 11.3 Å². The van der Waals surface area contributed by atoms with Gasteiger partial charge in [0.1, 0.15) is 0 Å². The first-order chi connectivity index (χ1) is 27.8. The van der Waals surface area contributed by atoms with E-state index in [4.69, 9.17) is 0 Å². The molecule has 1 heterocycles. The van der Waals surface area contributed by atoms with Crippen LogP contribution in [0.1, 0.15) is 0 Å². The summed E-state index contributed by atoms with van der Waals surface area (Å²) in [6.07, 6.45) is 0. The van der Waals surface area contributed by atoms with Crippen molar-refractivity contribution in [2.45, 2.75) is 0 Å². The second-order valence-electron chi connectivity index (χ2n) is 14.4. The highest BCUT2D eigenvalue weighted by Gasteiger charge is 2.21. The van der Waals surface area contributed by atoms with E-state index >= 15 is 0 Å². The molecular formula is C54H35NS. The molecular weight excluding hydrogens is 695 g/mol. The van der Waals surface area contributed by atoms with E-state index in [2.05, 4.69) is 217 Å². The molecule has 1 nitrogen and oxygen atoms in total. The monoisotopic (exact) mass is 729 g/mol. The molecule has 56 heavy (non-hydrogen) atoms. The Balaban J connectivity index is 1.18. The van der Waals surface area contributed by atoms with E-state index < -0.39 is 0 Å². The average Bonchev–Trinajstić information content (AvgIpc) is 3.65. The summed E-state index contributed by atoms with van der Waals surface area (Å²) in [5.41, 5.74) is 10.7. The quantitative estimate of drug-likeness (QED) is 0.154. The van der Waals surface area contributed by atoms with Crippen LogP contribution in [-0.4, -0.2) is 0 Å². The largest absolute Gasteiger partial charge is 0.310 e. The normalized spacial score (nSPS) is 11.6. The van der Waals surface area contributed by atoms with Crippen LogP contribution in [0.15, 0.2) is 212 Å². The molecule has 0 radical (unpaired) electrons. The zero-order valence-corrected chi connectivity index (χ0v) is 31.4. The molecule has 0 saturated carbocycles. The molecule has 0 spiro atoms. The summed E-state index contributed by atoms with van der Waals surface area (Å²) in [7, 11) is 0. The second-order valence-corrected chi connectivity index (χ2v) is 15.5. The van der Waals surface area contributed by atoms with Crippen molar-refractivity contribution in [3.05, 3.63) is 212 Å². The van der Waals surface area contributed by atoms with Gasteiger partial charge in [0.05, 0.1) is 0 Å². The van der Waals surface area contributed by atoms with Gasteiger partial charge in [0.25, 0.3) is 0 Å². The van der Waals surface area contributed by atoms with Gasteiger partial charge < -0.3 is 4.90 Å². The lowest BCUT2D eigenvalue weighted by atomic mass is 9.85. The van der Waals surface area contributed by atoms with Crippen LogP contribution in [0.3, 0.4) is 0 Å². The highest BCUT2D eigenvalue weighted by atomic mass is 32.1. The zero-order valence-electron chi connectivity index (χ0n) is 30.6. The first-order valence-corrected chi connectivity index (χ1v) is 20.0. The molecule has 0 fully saturated rings. The van der Waals surface area contributed by atoms with E-state index in [9.17, 15) is 0 Å². The number of hydrogen-bond donors (Lipinski definition) is 0. The van der Waals surface area contributed by atoms with Gasteiger partial charge in [-0.25, -0.2) is 0 Å². The zero-order chi connectivity index (χ0) is 37.0. The molecule has 0 unspecified atom stereocenters. The molecule has 10 aromatic carbocycles. The minimum Gasteiger partial charge on any atom is -0.310 e. The highest BCUT2D eigenvalue weighted by molar-refractivity contribution is 7.25. The van der Waals surface area contributed by atoms with Gasteiger partial charge >= 0.3 is 0 Å². The van der Waals surface area contributed by atoms with Crippen LogP contribution in [0.5, 0.6) is 0 Å². The van der Waals surface area contributed by atoms with E-state index in [1.54, 1.807) is 0 Å². The molecule has 0 saturated heterocycles. The third-order valence-corrected chi connectivity index (χ3v) is 12.4. The van der Waals surface area contributed by atoms with Crippen molar-refractivity contribution in [2.75, 3.05) is 4.90 Å². The predicted molar refractivity (Wildman–Crippen MR) is 243 cm³/mol. The number of nitrogens with zero attached hydrogens (tertiary/aromatic N) is 1. The number of anilines is 3. The van der Waals surface area contributed by atoms with Crippen LogP contribution in [0.2, 0.25) is 0 Å². The van der Waals surface area contributed by atoms with Crippen LogP contribution in [0.4, 0.5) is 17.1 Å². The SMILES string of the molecule is c1ccc(-c2c(-c3ccccc3)c3cc(N(c4ccc(-c5cccc6ccccc56)cc4)c4ccc5sc6ccccc6c5c4)ccc3c3ccccc23)cc1. The third kappa shape index (κ3) is 5.38. The van der Waals surface area contributed by atoms with Crippen molar-refractivity contribution in [3.63, 3.8) is 0 Å². The molecule has 0 N–H and O–H groups in total. The third-order valence-electron chi connectivity index (χ3n) is 11.2. The van der Waals surface area contributed by atoms with Crippen molar-refractivity contribution in [2.24, 2.45) is 0 Å². The van der Waals surface area contributed by atoms with Gasteiger partial charge in [0, 0.05) is 37.2 Å². The standard InChI is InChI=1S/C54H35NS/c1-3-15-38(16-4-1)53-48-23-10-9-21-45(48)46-32-30-41(35-50(46)54(53)39-17-5-2-6-18-39)55(42-31-33-52-49(34-42)47-22-11-12-25-51(47)56-52)40-28-26-37(27-29-40)44-24-13-19-36-14-7-8-20-43(36)44/h1-35H. The second kappa shape index (κ2) is 13.4. The lowest BCUT2D eigenvalue weighted by Crippen LogP contribution is -2.10. The summed E-state index contributed by atoms with van der Waals surface area (Å²) in [6.45, 7) is 0. The van der Waals surface area contributed by atoms with Crippen molar-refractivity contribution >= 4 is 80.9 Å².